The van der Waals surface area contributed by atoms with Gasteiger partial charge in [-0.15, -0.1) is 11.3 Å². The van der Waals surface area contributed by atoms with Gasteiger partial charge in [0.1, 0.15) is 5.69 Å². The van der Waals surface area contributed by atoms with Gasteiger partial charge in [0, 0.05) is 18.0 Å². The van der Waals surface area contributed by atoms with Crippen LogP contribution < -0.4 is 4.90 Å². The van der Waals surface area contributed by atoms with Crippen LogP contribution in [0.3, 0.4) is 0 Å². The molecule has 0 aliphatic rings. The van der Waals surface area contributed by atoms with Crippen molar-refractivity contribution in [2.75, 3.05) is 11.9 Å². The Kier molecular flexibility index (Phi) is 4.31. The van der Waals surface area contributed by atoms with Gasteiger partial charge in [0.15, 0.2) is 0 Å². The van der Waals surface area contributed by atoms with E-state index < -0.39 is 4.92 Å². The van der Waals surface area contributed by atoms with Gasteiger partial charge in [-0.1, -0.05) is 6.07 Å². The largest absolute Gasteiger partial charge is 0.392 e. The van der Waals surface area contributed by atoms with E-state index >= 15 is 0 Å². The first-order chi connectivity index (χ1) is 9.52. The third-order valence-electron chi connectivity index (χ3n) is 3.06. The topological polar surface area (TPSA) is 79.5 Å². The summed E-state index contributed by atoms with van der Waals surface area (Å²) in [6.07, 6.45) is 0. The van der Waals surface area contributed by atoms with Gasteiger partial charge in [-0.3, -0.25) is 10.1 Å². The normalized spacial score (nSPS) is 10.6. The Labute approximate surface area is 120 Å². The van der Waals surface area contributed by atoms with Gasteiger partial charge in [0.05, 0.1) is 29.3 Å². The van der Waals surface area contributed by atoms with E-state index in [0.29, 0.717) is 17.8 Å². The molecule has 0 saturated carbocycles. The fraction of sp³-hybridized carbons (Fsp3) is 0.308. The molecule has 7 heteroatoms. The summed E-state index contributed by atoms with van der Waals surface area (Å²) in [5, 5.41) is 20.2. The van der Waals surface area contributed by atoms with Gasteiger partial charge in [-0.2, -0.15) is 0 Å². The van der Waals surface area contributed by atoms with Crippen molar-refractivity contribution in [3.63, 3.8) is 0 Å². The molecule has 0 bridgehead atoms. The average Bonchev–Trinajstić information content (AvgIpc) is 2.83. The highest BCUT2D eigenvalue weighted by atomic mass is 32.1. The van der Waals surface area contributed by atoms with Crippen molar-refractivity contribution in [2.24, 2.45) is 0 Å². The Balaban J connectivity index is 2.31. The van der Waals surface area contributed by atoms with Crippen molar-refractivity contribution < 1.29 is 10.0 Å². The third kappa shape index (κ3) is 2.94. The van der Waals surface area contributed by atoms with E-state index in [1.165, 1.54) is 17.4 Å². The number of hydrogen-bond acceptors (Lipinski definition) is 6. The summed E-state index contributed by atoms with van der Waals surface area (Å²) in [4.78, 5) is 17.8. The Morgan fingerprint density at radius 3 is 2.80 bits per heavy atom. The first kappa shape index (κ1) is 14.4. The molecule has 0 radical (unpaired) electrons. The molecule has 0 saturated heterocycles. The number of thiazole rings is 1. The summed E-state index contributed by atoms with van der Waals surface area (Å²) >= 11 is 1.53. The average molecular weight is 293 g/mol. The zero-order valence-corrected chi connectivity index (χ0v) is 12.1. The number of aliphatic hydroxyl groups excluding tert-OH is 1. The molecule has 20 heavy (non-hydrogen) atoms. The zero-order valence-electron chi connectivity index (χ0n) is 11.2. The van der Waals surface area contributed by atoms with Crippen LogP contribution in [0.5, 0.6) is 0 Å². The molecule has 2 rings (SSSR count). The van der Waals surface area contributed by atoms with E-state index in [1.54, 1.807) is 24.7 Å². The van der Waals surface area contributed by atoms with Gasteiger partial charge < -0.3 is 10.0 Å². The van der Waals surface area contributed by atoms with Crippen molar-refractivity contribution in [3.8, 4) is 0 Å². The fourth-order valence-corrected chi connectivity index (χ4v) is 2.74. The van der Waals surface area contributed by atoms with E-state index in [0.717, 1.165) is 10.6 Å². The lowest BCUT2D eigenvalue weighted by atomic mass is 10.1. The molecule has 0 spiro atoms. The highest BCUT2D eigenvalue weighted by molar-refractivity contribution is 7.09. The van der Waals surface area contributed by atoms with Crippen LogP contribution in [0.1, 0.15) is 16.1 Å². The SMILES string of the molecule is Cc1ncsc1CN(C)c1ccc(CO)cc1[N+](=O)[O-]. The molecule has 0 aliphatic heterocycles. The van der Waals surface area contributed by atoms with Crippen LogP contribution in [-0.4, -0.2) is 22.1 Å². The first-order valence-electron chi connectivity index (χ1n) is 6.01. The number of nitro benzene ring substituents is 1. The van der Waals surface area contributed by atoms with Gasteiger partial charge in [-0.05, 0) is 18.6 Å². The Morgan fingerprint density at radius 1 is 1.50 bits per heavy atom. The molecule has 0 aliphatic carbocycles. The van der Waals surface area contributed by atoms with Gasteiger partial charge >= 0.3 is 0 Å². The summed E-state index contributed by atoms with van der Waals surface area (Å²) < 4.78 is 0. The molecular formula is C13H15N3O3S. The van der Waals surface area contributed by atoms with Gasteiger partial charge in [0.25, 0.3) is 5.69 Å². The molecule has 1 N–H and O–H groups in total. The van der Waals surface area contributed by atoms with Gasteiger partial charge in [0.2, 0.25) is 0 Å². The van der Waals surface area contributed by atoms with Crippen LogP contribution >= 0.6 is 11.3 Å². The predicted octanol–water partition coefficient (Wildman–Crippen LogP) is 2.49. The van der Waals surface area contributed by atoms with E-state index in [-0.39, 0.29) is 12.3 Å². The van der Waals surface area contributed by atoms with Crippen LogP contribution in [0.4, 0.5) is 11.4 Å². The fourth-order valence-electron chi connectivity index (χ4n) is 1.91. The minimum atomic E-state index is -0.426. The maximum Gasteiger partial charge on any atom is 0.292 e. The monoisotopic (exact) mass is 293 g/mol. The number of rotatable bonds is 5. The number of aliphatic hydroxyl groups is 1. The number of aryl methyl sites for hydroxylation is 1. The van der Waals surface area contributed by atoms with Crippen LogP contribution in [-0.2, 0) is 13.2 Å². The predicted molar refractivity (Wildman–Crippen MR) is 78.0 cm³/mol. The second-order valence-corrected chi connectivity index (χ2v) is 5.39. The maximum absolute atomic E-state index is 11.2. The summed E-state index contributed by atoms with van der Waals surface area (Å²) in [7, 11) is 1.81. The zero-order chi connectivity index (χ0) is 14.7. The number of benzene rings is 1. The summed E-state index contributed by atoms with van der Waals surface area (Å²) in [5.74, 6) is 0. The van der Waals surface area contributed by atoms with E-state index in [1.807, 2.05) is 11.8 Å². The second-order valence-electron chi connectivity index (χ2n) is 4.46. The lowest BCUT2D eigenvalue weighted by Gasteiger charge is -2.19. The molecule has 6 nitrogen and oxygen atoms in total. The van der Waals surface area contributed by atoms with Crippen molar-refractivity contribution >= 4 is 22.7 Å². The molecule has 1 heterocycles. The summed E-state index contributed by atoms with van der Waals surface area (Å²) in [5.41, 5.74) is 3.77. The maximum atomic E-state index is 11.2. The highest BCUT2D eigenvalue weighted by Gasteiger charge is 2.18. The Morgan fingerprint density at radius 2 is 2.25 bits per heavy atom. The van der Waals surface area contributed by atoms with Crippen LogP contribution in [0.2, 0.25) is 0 Å². The lowest BCUT2D eigenvalue weighted by Crippen LogP contribution is -2.17. The van der Waals surface area contributed by atoms with Crippen molar-refractivity contribution in [2.45, 2.75) is 20.1 Å². The number of nitrogens with zero attached hydrogens (tertiary/aromatic N) is 3. The molecule has 0 amide bonds. The molecule has 2 aromatic rings. The quantitative estimate of drug-likeness (QED) is 0.676. The first-order valence-corrected chi connectivity index (χ1v) is 6.89. The lowest BCUT2D eigenvalue weighted by molar-refractivity contribution is -0.384. The standard InChI is InChI=1S/C13H15N3O3S/c1-9-13(20-8-14-9)6-15(2)11-4-3-10(7-17)5-12(11)16(18)19/h3-5,8,17H,6-7H2,1-2H3. The van der Waals surface area contributed by atoms with Crippen LogP contribution in [0.25, 0.3) is 0 Å². The molecule has 1 aromatic carbocycles. The summed E-state index contributed by atoms with van der Waals surface area (Å²) in [6, 6.07) is 4.77. The van der Waals surface area contributed by atoms with Crippen molar-refractivity contribution in [1.29, 1.82) is 0 Å². The number of anilines is 1. The van der Waals surface area contributed by atoms with E-state index in [9.17, 15) is 10.1 Å². The highest BCUT2D eigenvalue weighted by Crippen LogP contribution is 2.30. The Bertz CT molecular complexity index is 627. The molecule has 1 aromatic heterocycles. The smallest absolute Gasteiger partial charge is 0.292 e. The molecule has 106 valence electrons. The Hall–Kier alpha value is -1.99. The van der Waals surface area contributed by atoms with Crippen molar-refractivity contribution in [3.05, 3.63) is 50.0 Å². The number of aromatic nitrogens is 1. The molecule has 0 atom stereocenters. The second kappa shape index (κ2) is 5.98. The van der Waals surface area contributed by atoms with Gasteiger partial charge in [-0.25, -0.2) is 4.98 Å². The van der Waals surface area contributed by atoms with Crippen LogP contribution in [0.15, 0.2) is 23.7 Å². The number of hydrogen-bond donors (Lipinski definition) is 1. The minimum absolute atomic E-state index is 0.00113. The molecule has 0 fully saturated rings. The molecular weight excluding hydrogens is 278 g/mol. The molecule has 0 unspecified atom stereocenters. The number of nitro groups is 1. The van der Waals surface area contributed by atoms with E-state index in [2.05, 4.69) is 4.98 Å². The van der Waals surface area contributed by atoms with E-state index in [4.69, 9.17) is 5.11 Å². The van der Waals surface area contributed by atoms with Crippen LogP contribution in [0, 0.1) is 17.0 Å². The van der Waals surface area contributed by atoms with Crippen molar-refractivity contribution in [1.82, 2.24) is 4.98 Å². The summed E-state index contributed by atoms with van der Waals surface area (Å²) in [6.45, 7) is 2.28. The third-order valence-corrected chi connectivity index (χ3v) is 3.98. The minimum Gasteiger partial charge on any atom is -0.392 e.